The van der Waals surface area contributed by atoms with E-state index >= 15 is 0 Å². The number of fused-ring (bicyclic) bond motifs is 1. The van der Waals surface area contributed by atoms with Crippen LogP contribution in [0.25, 0.3) is 22.0 Å². The highest BCUT2D eigenvalue weighted by atomic mass is 16.4. The van der Waals surface area contributed by atoms with E-state index in [1.165, 1.54) is 5.56 Å². The average molecular weight is 397 g/mol. The van der Waals surface area contributed by atoms with Crippen molar-refractivity contribution >= 4 is 28.4 Å². The predicted octanol–water partition coefficient (Wildman–Crippen LogP) is 5.87. The number of aromatic carboxylic acids is 1. The zero-order valence-electron chi connectivity index (χ0n) is 17.0. The first-order chi connectivity index (χ1) is 14.5. The molecule has 0 amide bonds. The van der Waals surface area contributed by atoms with Gasteiger partial charge >= 0.3 is 5.97 Å². The number of hydrogen-bond donors (Lipinski definition) is 2. The van der Waals surface area contributed by atoms with Gasteiger partial charge in [-0.3, -0.25) is 0 Å². The van der Waals surface area contributed by atoms with Crippen molar-refractivity contribution in [3.63, 3.8) is 0 Å². The van der Waals surface area contributed by atoms with E-state index in [4.69, 9.17) is 0 Å². The minimum Gasteiger partial charge on any atom is -0.478 e. The van der Waals surface area contributed by atoms with E-state index in [0.717, 1.165) is 46.1 Å². The Morgan fingerprint density at radius 3 is 2.67 bits per heavy atom. The van der Waals surface area contributed by atoms with Crippen molar-refractivity contribution in [2.24, 2.45) is 7.05 Å². The van der Waals surface area contributed by atoms with Crippen LogP contribution >= 0.6 is 0 Å². The van der Waals surface area contributed by atoms with E-state index in [0.29, 0.717) is 11.7 Å². The van der Waals surface area contributed by atoms with E-state index in [-0.39, 0.29) is 5.56 Å². The lowest BCUT2D eigenvalue weighted by Crippen LogP contribution is -2.06. The first-order valence-corrected chi connectivity index (χ1v) is 10.2. The molecule has 2 aromatic heterocycles. The molecule has 0 radical (unpaired) electrons. The van der Waals surface area contributed by atoms with Crippen LogP contribution in [0.5, 0.6) is 0 Å². The number of aryl methyl sites for hydroxylation is 2. The third kappa shape index (κ3) is 3.22. The molecular weight excluding hydrogens is 374 g/mol. The van der Waals surface area contributed by atoms with Crippen molar-refractivity contribution in [2.45, 2.75) is 25.7 Å². The molecular formula is C25H23N3O2. The lowest BCUT2D eigenvalue weighted by atomic mass is 9.98. The zero-order chi connectivity index (χ0) is 20.8. The number of rotatable bonds is 5. The molecule has 0 bridgehead atoms. The Labute approximate surface area is 175 Å². The topological polar surface area (TPSA) is 67.2 Å². The van der Waals surface area contributed by atoms with Crippen molar-refractivity contribution in [1.29, 1.82) is 0 Å². The molecule has 5 nitrogen and oxygen atoms in total. The lowest BCUT2D eigenvalue weighted by Gasteiger charge is -2.14. The third-order valence-corrected chi connectivity index (χ3v) is 5.86. The summed E-state index contributed by atoms with van der Waals surface area (Å²) in [5, 5.41) is 14.1. The Bertz CT molecular complexity index is 1290. The van der Waals surface area contributed by atoms with Crippen LogP contribution in [0.15, 0.2) is 60.9 Å². The van der Waals surface area contributed by atoms with E-state index in [1.54, 1.807) is 12.3 Å². The zero-order valence-corrected chi connectivity index (χ0v) is 17.0. The van der Waals surface area contributed by atoms with E-state index in [2.05, 4.69) is 46.1 Å². The molecule has 0 saturated heterocycles. The van der Waals surface area contributed by atoms with Gasteiger partial charge < -0.3 is 15.0 Å². The monoisotopic (exact) mass is 397 g/mol. The van der Waals surface area contributed by atoms with Gasteiger partial charge in [0, 0.05) is 36.1 Å². The number of aromatic nitrogens is 2. The molecule has 1 saturated carbocycles. The summed E-state index contributed by atoms with van der Waals surface area (Å²) in [6.45, 7) is 2.10. The van der Waals surface area contributed by atoms with Crippen LogP contribution in [0, 0.1) is 6.92 Å². The average Bonchev–Trinajstić information content (AvgIpc) is 3.51. The van der Waals surface area contributed by atoms with Crippen molar-refractivity contribution in [3.8, 4) is 11.1 Å². The Morgan fingerprint density at radius 2 is 1.93 bits per heavy atom. The van der Waals surface area contributed by atoms with Crippen LogP contribution in [0.2, 0.25) is 0 Å². The summed E-state index contributed by atoms with van der Waals surface area (Å²) in [6.07, 6.45) is 6.06. The van der Waals surface area contributed by atoms with Gasteiger partial charge in [0.25, 0.3) is 0 Å². The number of hydrogen-bond acceptors (Lipinski definition) is 3. The first-order valence-electron chi connectivity index (χ1n) is 10.2. The maximum absolute atomic E-state index is 11.9. The van der Waals surface area contributed by atoms with Crippen LogP contribution in [-0.4, -0.2) is 20.6 Å². The summed E-state index contributed by atoms with van der Waals surface area (Å²) in [5.41, 5.74) is 6.64. The first kappa shape index (κ1) is 18.4. The lowest BCUT2D eigenvalue weighted by molar-refractivity contribution is 0.0697. The molecule has 2 aromatic carbocycles. The van der Waals surface area contributed by atoms with Crippen molar-refractivity contribution < 1.29 is 9.90 Å². The van der Waals surface area contributed by atoms with Crippen molar-refractivity contribution in [2.75, 3.05) is 5.32 Å². The number of benzene rings is 2. The highest BCUT2D eigenvalue weighted by Crippen LogP contribution is 2.41. The van der Waals surface area contributed by atoms with Crippen LogP contribution in [0.1, 0.15) is 40.2 Å². The van der Waals surface area contributed by atoms with Gasteiger partial charge in [0.1, 0.15) is 11.4 Å². The van der Waals surface area contributed by atoms with E-state index in [1.807, 2.05) is 31.4 Å². The molecule has 0 aliphatic heterocycles. The minimum atomic E-state index is -0.965. The van der Waals surface area contributed by atoms with Crippen LogP contribution in [-0.2, 0) is 7.05 Å². The van der Waals surface area contributed by atoms with Gasteiger partial charge in [0.05, 0.1) is 5.52 Å². The fraction of sp³-hybridized carbons (Fsp3) is 0.200. The molecule has 1 fully saturated rings. The number of nitrogens with zero attached hydrogens (tertiary/aromatic N) is 2. The highest BCUT2D eigenvalue weighted by molar-refractivity contribution is 6.00. The fourth-order valence-electron chi connectivity index (χ4n) is 4.12. The van der Waals surface area contributed by atoms with Gasteiger partial charge in [-0.15, -0.1) is 0 Å². The van der Waals surface area contributed by atoms with Gasteiger partial charge in [-0.25, -0.2) is 9.78 Å². The van der Waals surface area contributed by atoms with Crippen LogP contribution < -0.4 is 5.32 Å². The van der Waals surface area contributed by atoms with Gasteiger partial charge in [0.2, 0.25) is 0 Å². The summed E-state index contributed by atoms with van der Waals surface area (Å²) in [5.74, 6) is -0.136. The molecule has 0 atom stereocenters. The predicted molar refractivity (Wildman–Crippen MR) is 120 cm³/mol. The molecule has 2 N–H and O–H groups in total. The second kappa shape index (κ2) is 7.02. The molecule has 1 aliphatic carbocycles. The number of nitrogens with one attached hydrogen (secondary N) is 1. The summed E-state index contributed by atoms with van der Waals surface area (Å²) in [7, 11) is 2.04. The summed E-state index contributed by atoms with van der Waals surface area (Å²) in [6, 6.07) is 16.2. The number of anilines is 2. The Kier molecular flexibility index (Phi) is 4.31. The summed E-state index contributed by atoms with van der Waals surface area (Å²) in [4.78, 5) is 16.3. The van der Waals surface area contributed by atoms with Gasteiger partial charge in [-0.1, -0.05) is 24.3 Å². The molecule has 30 heavy (non-hydrogen) atoms. The van der Waals surface area contributed by atoms with E-state index < -0.39 is 5.97 Å². The second-order valence-corrected chi connectivity index (χ2v) is 8.07. The fourth-order valence-corrected chi connectivity index (χ4v) is 4.12. The van der Waals surface area contributed by atoms with Gasteiger partial charge in [-0.05, 0) is 66.6 Å². The molecule has 150 valence electrons. The molecule has 4 aromatic rings. The molecule has 1 aliphatic rings. The van der Waals surface area contributed by atoms with Gasteiger partial charge in [0.15, 0.2) is 0 Å². The standard InChI is InChI=1S/C25H23N3O2/c1-15-5-3-4-6-20(15)21-13-19(11-17-9-10-28(2)23(17)21)27-24-22(25(29)30)12-18(14-26-24)16-7-8-16/h3-6,9-14,16H,7-8H2,1-2H3,(H,26,27)(H,29,30). The third-order valence-electron chi connectivity index (χ3n) is 5.86. The molecule has 2 heterocycles. The summed E-state index contributed by atoms with van der Waals surface area (Å²) < 4.78 is 2.12. The summed E-state index contributed by atoms with van der Waals surface area (Å²) >= 11 is 0. The normalized spacial score (nSPS) is 13.5. The van der Waals surface area contributed by atoms with Crippen molar-refractivity contribution in [1.82, 2.24) is 9.55 Å². The quantitative estimate of drug-likeness (QED) is 0.442. The number of pyridine rings is 1. The molecule has 0 unspecified atom stereocenters. The van der Waals surface area contributed by atoms with Crippen LogP contribution in [0.4, 0.5) is 11.5 Å². The number of carbonyl (C=O) groups is 1. The molecule has 5 heteroatoms. The largest absolute Gasteiger partial charge is 0.478 e. The Morgan fingerprint density at radius 1 is 1.13 bits per heavy atom. The maximum atomic E-state index is 11.9. The van der Waals surface area contributed by atoms with Gasteiger partial charge in [-0.2, -0.15) is 0 Å². The SMILES string of the molecule is Cc1ccccc1-c1cc(Nc2ncc(C3CC3)cc2C(=O)O)cc2ccn(C)c12. The Hall–Kier alpha value is -3.60. The van der Waals surface area contributed by atoms with Crippen LogP contribution in [0.3, 0.4) is 0 Å². The number of carboxylic acids is 1. The van der Waals surface area contributed by atoms with Crippen molar-refractivity contribution in [3.05, 3.63) is 77.6 Å². The number of carboxylic acid groups (broad SMARTS) is 1. The second-order valence-electron chi connectivity index (χ2n) is 8.07. The van der Waals surface area contributed by atoms with E-state index in [9.17, 15) is 9.90 Å². The molecule has 0 spiro atoms. The minimum absolute atomic E-state index is 0.213. The molecule has 5 rings (SSSR count). The highest BCUT2D eigenvalue weighted by Gasteiger charge is 2.26. The maximum Gasteiger partial charge on any atom is 0.339 e. The Balaban J connectivity index is 1.63. The smallest absolute Gasteiger partial charge is 0.339 e.